The Hall–Kier alpha value is -2.09. The van der Waals surface area contributed by atoms with Crippen molar-refractivity contribution < 1.29 is 14.0 Å². The van der Waals surface area contributed by atoms with Crippen molar-refractivity contribution in [2.24, 2.45) is 0 Å². The summed E-state index contributed by atoms with van der Waals surface area (Å²) in [5.74, 6) is 2.26. The number of halogens is 1. The van der Waals surface area contributed by atoms with Crippen molar-refractivity contribution in [1.29, 1.82) is 0 Å². The SMILES string of the molecule is CCOc1cc(/C=C/c2nc(C3CNCCN3C)no2)cc(Cl)c1OC. The van der Waals surface area contributed by atoms with E-state index >= 15 is 0 Å². The first-order valence-corrected chi connectivity index (χ1v) is 8.93. The lowest BCUT2D eigenvalue weighted by molar-refractivity contribution is 0.190. The van der Waals surface area contributed by atoms with Crippen molar-refractivity contribution in [3.63, 3.8) is 0 Å². The molecule has 0 amide bonds. The standard InChI is InChI=1S/C18H23ClN4O3/c1-4-25-15-10-12(9-13(19)17(15)24-3)5-6-16-21-18(22-26-16)14-11-20-7-8-23(14)2/h5-6,9-10,14,20H,4,7-8,11H2,1-3H3/b6-5+. The Bertz CT molecular complexity index is 778. The van der Waals surface area contributed by atoms with Crippen LogP contribution in [0.4, 0.5) is 0 Å². The molecular formula is C18H23ClN4O3. The van der Waals surface area contributed by atoms with Crippen LogP contribution >= 0.6 is 11.6 Å². The summed E-state index contributed by atoms with van der Waals surface area (Å²) in [4.78, 5) is 6.69. The van der Waals surface area contributed by atoms with Crippen LogP contribution in [-0.4, -0.2) is 55.4 Å². The summed E-state index contributed by atoms with van der Waals surface area (Å²) in [5.41, 5.74) is 0.857. The molecule has 0 spiro atoms. The van der Waals surface area contributed by atoms with E-state index in [9.17, 15) is 0 Å². The van der Waals surface area contributed by atoms with E-state index in [1.54, 1.807) is 19.3 Å². The highest BCUT2D eigenvalue weighted by molar-refractivity contribution is 6.32. The first kappa shape index (κ1) is 18.7. The second-order valence-electron chi connectivity index (χ2n) is 5.99. The minimum Gasteiger partial charge on any atom is -0.491 e. The van der Waals surface area contributed by atoms with Gasteiger partial charge in [0.05, 0.1) is 24.8 Å². The summed E-state index contributed by atoms with van der Waals surface area (Å²) < 4.78 is 16.2. The van der Waals surface area contributed by atoms with Crippen molar-refractivity contribution in [3.05, 3.63) is 34.4 Å². The number of ether oxygens (including phenoxy) is 2. The maximum Gasteiger partial charge on any atom is 0.250 e. The highest BCUT2D eigenvalue weighted by Crippen LogP contribution is 2.36. The zero-order valence-corrected chi connectivity index (χ0v) is 15.9. The Morgan fingerprint density at radius 1 is 1.42 bits per heavy atom. The molecule has 1 unspecified atom stereocenters. The monoisotopic (exact) mass is 378 g/mol. The van der Waals surface area contributed by atoms with Gasteiger partial charge in [0.25, 0.3) is 5.89 Å². The van der Waals surface area contributed by atoms with E-state index in [0.717, 1.165) is 25.2 Å². The van der Waals surface area contributed by atoms with Gasteiger partial charge >= 0.3 is 0 Å². The number of nitrogens with zero attached hydrogens (tertiary/aromatic N) is 3. The average molecular weight is 379 g/mol. The Labute approximate surface area is 157 Å². The van der Waals surface area contributed by atoms with E-state index in [4.69, 9.17) is 25.6 Å². The van der Waals surface area contributed by atoms with Gasteiger partial charge in [-0.15, -0.1) is 0 Å². The van der Waals surface area contributed by atoms with E-state index < -0.39 is 0 Å². The van der Waals surface area contributed by atoms with Crippen LogP contribution in [0.2, 0.25) is 5.02 Å². The number of aromatic nitrogens is 2. The van der Waals surface area contributed by atoms with Crippen LogP contribution in [0.15, 0.2) is 16.7 Å². The molecule has 1 saturated heterocycles. The van der Waals surface area contributed by atoms with Gasteiger partial charge in [0.1, 0.15) is 0 Å². The summed E-state index contributed by atoms with van der Waals surface area (Å²) in [6.45, 7) is 5.17. The Kier molecular flexibility index (Phi) is 6.13. The van der Waals surface area contributed by atoms with Crippen molar-refractivity contribution in [3.8, 4) is 11.5 Å². The molecular weight excluding hydrogens is 356 g/mol. The molecule has 7 nitrogen and oxygen atoms in total. The Morgan fingerprint density at radius 2 is 2.27 bits per heavy atom. The van der Waals surface area contributed by atoms with Crippen LogP contribution in [0.3, 0.4) is 0 Å². The maximum absolute atomic E-state index is 6.27. The summed E-state index contributed by atoms with van der Waals surface area (Å²) >= 11 is 6.27. The molecule has 8 heteroatoms. The van der Waals surface area contributed by atoms with Gasteiger partial charge in [-0.3, -0.25) is 4.90 Å². The van der Waals surface area contributed by atoms with Crippen molar-refractivity contribution in [1.82, 2.24) is 20.4 Å². The molecule has 1 N–H and O–H groups in total. The quantitative estimate of drug-likeness (QED) is 0.828. The van der Waals surface area contributed by atoms with Gasteiger partial charge in [-0.2, -0.15) is 4.98 Å². The van der Waals surface area contributed by atoms with E-state index in [0.29, 0.717) is 34.8 Å². The first-order valence-electron chi connectivity index (χ1n) is 8.55. The van der Waals surface area contributed by atoms with Gasteiger partial charge in [0.15, 0.2) is 17.3 Å². The van der Waals surface area contributed by atoms with Gasteiger partial charge < -0.3 is 19.3 Å². The van der Waals surface area contributed by atoms with Gasteiger partial charge in [0.2, 0.25) is 0 Å². The molecule has 1 aliphatic heterocycles. The van der Waals surface area contributed by atoms with Crippen LogP contribution in [0.1, 0.15) is 30.2 Å². The fourth-order valence-corrected chi connectivity index (χ4v) is 3.15. The fourth-order valence-electron chi connectivity index (χ4n) is 2.86. The predicted octanol–water partition coefficient (Wildman–Crippen LogP) is 2.88. The minimum absolute atomic E-state index is 0.120. The number of nitrogens with one attached hydrogen (secondary N) is 1. The Balaban J connectivity index is 1.78. The third-order valence-corrected chi connectivity index (χ3v) is 4.50. The molecule has 26 heavy (non-hydrogen) atoms. The molecule has 0 radical (unpaired) electrons. The van der Waals surface area contributed by atoms with Gasteiger partial charge in [-0.05, 0) is 37.7 Å². The number of hydrogen-bond donors (Lipinski definition) is 1. The van der Waals surface area contributed by atoms with E-state index in [1.807, 2.05) is 19.1 Å². The summed E-state index contributed by atoms with van der Waals surface area (Å²) in [7, 11) is 3.63. The van der Waals surface area contributed by atoms with Crippen LogP contribution in [0.25, 0.3) is 12.2 Å². The summed E-state index contributed by atoms with van der Waals surface area (Å²) in [6.07, 6.45) is 3.62. The lowest BCUT2D eigenvalue weighted by atomic mass is 10.2. The van der Waals surface area contributed by atoms with Crippen LogP contribution < -0.4 is 14.8 Å². The van der Waals surface area contributed by atoms with E-state index in [2.05, 4.69) is 27.4 Å². The molecule has 1 atom stereocenters. The largest absolute Gasteiger partial charge is 0.491 e. The van der Waals surface area contributed by atoms with Crippen molar-refractivity contribution >= 4 is 23.8 Å². The maximum atomic E-state index is 6.27. The molecule has 1 aromatic heterocycles. The van der Waals surface area contributed by atoms with Gasteiger partial charge in [0, 0.05) is 25.7 Å². The molecule has 2 aromatic rings. The molecule has 1 fully saturated rings. The third kappa shape index (κ3) is 4.17. The fraction of sp³-hybridized carbons (Fsp3) is 0.444. The van der Waals surface area contributed by atoms with Crippen molar-refractivity contribution in [2.45, 2.75) is 13.0 Å². The number of likely N-dealkylation sites (N-methyl/N-ethyl adjacent to an activating group) is 1. The molecule has 3 rings (SSSR count). The van der Waals surface area contributed by atoms with Crippen LogP contribution in [0, 0.1) is 0 Å². The predicted molar refractivity (Wildman–Crippen MR) is 101 cm³/mol. The molecule has 0 bridgehead atoms. The molecule has 140 valence electrons. The van der Waals surface area contributed by atoms with E-state index in [-0.39, 0.29) is 6.04 Å². The number of methoxy groups -OCH3 is 1. The number of benzene rings is 1. The molecule has 1 aliphatic rings. The lowest BCUT2D eigenvalue weighted by Crippen LogP contribution is -2.44. The average Bonchev–Trinajstić information content (AvgIpc) is 3.09. The smallest absolute Gasteiger partial charge is 0.250 e. The highest BCUT2D eigenvalue weighted by atomic mass is 35.5. The normalized spacial score (nSPS) is 18.4. The van der Waals surface area contributed by atoms with Crippen molar-refractivity contribution in [2.75, 3.05) is 40.4 Å². The van der Waals surface area contributed by atoms with Crippen LogP contribution in [-0.2, 0) is 0 Å². The zero-order valence-electron chi connectivity index (χ0n) is 15.2. The molecule has 1 aromatic carbocycles. The Morgan fingerprint density at radius 3 is 3.00 bits per heavy atom. The number of piperazine rings is 1. The highest BCUT2D eigenvalue weighted by Gasteiger charge is 2.24. The minimum atomic E-state index is 0.120. The molecule has 2 heterocycles. The van der Waals surface area contributed by atoms with Crippen LogP contribution in [0.5, 0.6) is 11.5 Å². The van der Waals surface area contributed by atoms with Gasteiger partial charge in [-0.25, -0.2) is 0 Å². The van der Waals surface area contributed by atoms with Gasteiger partial charge in [-0.1, -0.05) is 16.8 Å². The third-order valence-electron chi connectivity index (χ3n) is 4.22. The molecule has 0 saturated carbocycles. The first-order chi connectivity index (χ1) is 12.6. The second-order valence-corrected chi connectivity index (χ2v) is 6.40. The number of rotatable bonds is 6. The second kappa shape index (κ2) is 8.53. The zero-order chi connectivity index (χ0) is 18.5. The lowest BCUT2D eigenvalue weighted by Gasteiger charge is -2.30. The number of hydrogen-bond acceptors (Lipinski definition) is 7. The molecule has 0 aliphatic carbocycles. The van der Waals surface area contributed by atoms with E-state index in [1.165, 1.54) is 0 Å². The summed E-state index contributed by atoms with van der Waals surface area (Å²) in [5, 5.41) is 7.93. The summed E-state index contributed by atoms with van der Waals surface area (Å²) in [6, 6.07) is 3.78. The topological polar surface area (TPSA) is 72.7 Å².